The van der Waals surface area contributed by atoms with Crippen LogP contribution in [0.3, 0.4) is 0 Å². The van der Waals surface area contributed by atoms with Gasteiger partial charge >= 0.3 is 0 Å². The van der Waals surface area contributed by atoms with Gasteiger partial charge in [-0.3, -0.25) is 0 Å². The highest BCUT2D eigenvalue weighted by Gasteiger charge is 1.92. The van der Waals surface area contributed by atoms with E-state index in [9.17, 15) is 0 Å². The molecule has 2 N–H and O–H groups in total. The molecule has 1 aromatic heterocycles. The van der Waals surface area contributed by atoms with E-state index in [2.05, 4.69) is 10.3 Å². The molecule has 0 saturated heterocycles. The second-order valence-corrected chi connectivity index (χ2v) is 2.13. The van der Waals surface area contributed by atoms with E-state index in [1.807, 2.05) is 0 Å². The van der Waals surface area contributed by atoms with E-state index in [-0.39, 0.29) is 6.61 Å². The first kappa shape index (κ1) is 9.02. The summed E-state index contributed by atoms with van der Waals surface area (Å²) in [4.78, 5) is 3.73. The van der Waals surface area contributed by atoms with Crippen molar-refractivity contribution >= 4 is 5.88 Å². The van der Waals surface area contributed by atoms with Crippen LogP contribution in [-0.4, -0.2) is 36.5 Å². The van der Waals surface area contributed by atoms with Crippen molar-refractivity contribution in [3.05, 3.63) is 12.6 Å². The maximum Gasteiger partial charge on any atom is 0.213 e. The van der Waals surface area contributed by atoms with Gasteiger partial charge in [0.1, 0.15) is 0 Å². The molecule has 5 heteroatoms. The van der Waals surface area contributed by atoms with Gasteiger partial charge in [-0.05, 0) is 0 Å². The number of hydrogen-bond acceptors (Lipinski definition) is 5. The topological polar surface area (TPSA) is 67.5 Å². The standard InChI is InChI=1S/C7H12N2O3/c10-2-4-11-3-1-9-7-5-8-6-12-7/h5-6,9-10H,1-4H2. The van der Waals surface area contributed by atoms with Gasteiger partial charge in [-0.15, -0.1) is 0 Å². The first-order valence-electron chi connectivity index (χ1n) is 3.74. The van der Waals surface area contributed by atoms with Crippen molar-refractivity contribution in [1.82, 2.24) is 4.98 Å². The molecule has 0 aliphatic rings. The molecule has 0 unspecified atom stereocenters. The molecule has 1 heterocycles. The van der Waals surface area contributed by atoms with Gasteiger partial charge in [0.25, 0.3) is 0 Å². The summed E-state index contributed by atoms with van der Waals surface area (Å²) in [6.45, 7) is 1.62. The third kappa shape index (κ3) is 3.36. The summed E-state index contributed by atoms with van der Waals surface area (Å²) in [6.07, 6.45) is 2.95. The Morgan fingerprint density at radius 3 is 3.17 bits per heavy atom. The molecule has 0 saturated carbocycles. The predicted octanol–water partition coefficient (Wildman–Crippen LogP) is 0.0954. The van der Waals surface area contributed by atoms with Crippen molar-refractivity contribution in [2.45, 2.75) is 0 Å². The third-order valence-electron chi connectivity index (χ3n) is 1.21. The lowest BCUT2D eigenvalue weighted by Crippen LogP contribution is -2.10. The Morgan fingerprint density at radius 2 is 2.50 bits per heavy atom. The van der Waals surface area contributed by atoms with Crippen LogP contribution in [0, 0.1) is 0 Å². The average molecular weight is 172 g/mol. The highest BCUT2D eigenvalue weighted by atomic mass is 16.5. The number of nitrogens with one attached hydrogen (secondary N) is 1. The van der Waals surface area contributed by atoms with Crippen LogP contribution in [0.5, 0.6) is 0 Å². The number of nitrogens with zero attached hydrogens (tertiary/aromatic N) is 1. The van der Waals surface area contributed by atoms with Crippen molar-refractivity contribution in [2.24, 2.45) is 0 Å². The fraction of sp³-hybridized carbons (Fsp3) is 0.571. The monoisotopic (exact) mass is 172 g/mol. The highest BCUT2D eigenvalue weighted by Crippen LogP contribution is 2.01. The first-order valence-corrected chi connectivity index (χ1v) is 3.74. The van der Waals surface area contributed by atoms with Crippen LogP contribution in [0.25, 0.3) is 0 Å². The maximum absolute atomic E-state index is 8.38. The maximum atomic E-state index is 8.38. The molecule has 12 heavy (non-hydrogen) atoms. The number of oxazole rings is 1. The zero-order valence-electron chi connectivity index (χ0n) is 6.69. The van der Waals surface area contributed by atoms with Crippen LogP contribution in [0.1, 0.15) is 0 Å². The van der Waals surface area contributed by atoms with Crippen LogP contribution >= 0.6 is 0 Å². The summed E-state index contributed by atoms with van der Waals surface area (Å²) >= 11 is 0. The van der Waals surface area contributed by atoms with Crippen molar-refractivity contribution in [3.63, 3.8) is 0 Å². The number of ether oxygens (including phenoxy) is 1. The predicted molar refractivity (Wildman–Crippen MR) is 42.9 cm³/mol. The molecule has 1 rings (SSSR count). The zero-order chi connectivity index (χ0) is 8.65. The summed E-state index contributed by atoms with van der Waals surface area (Å²) < 4.78 is 9.92. The molecule has 0 fully saturated rings. The first-order chi connectivity index (χ1) is 5.93. The molecular weight excluding hydrogens is 160 g/mol. The second-order valence-electron chi connectivity index (χ2n) is 2.13. The van der Waals surface area contributed by atoms with Crippen molar-refractivity contribution < 1.29 is 14.3 Å². The number of rotatable bonds is 6. The van der Waals surface area contributed by atoms with E-state index in [1.165, 1.54) is 6.39 Å². The van der Waals surface area contributed by atoms with Crippen molar-refractivity contribution in [1.29, 1.82) is 0 Å². The van der Waals surface area contributed by atoms with Crippen molar-refractivity contribution in [2.75, 3.05) is 31.7 Å². The Bertz CT molecular complexity index is 189. The summed E-state index contributed by atoms with van der Waals surface area (Å²) in [7, 11) is 0. The fourth-order valence-electron chi connectivity index (χ4n) is 0.716. The molecule has 0 aliphatic carbocycles. The molecule has 0 aliphatic heterocycles. The molecule has 0 amide bonds. The summed E-state index contributed by atoms with van der Waals surface area (Å²) in [6, 6.07) is 0. The number of anilines is 1. The van der Waals surface area contributed by atoms with E-state index < -0.39 is 0 Å². The quantitative estimate of drug-likeness (QED) is 0.595. The van der Waals surface area contributed by atoms with Gasteiger partial charge < -0.3 is 19.6 Å². The Kier molecular flexibility index (Phi) is 4.18. The van der Waals surface area contributed by atoms with Gasteiger partial charge in [0.15, 0.2) is 6.39 Å². The molecular formula is C7H12N2O3. The SMILES string of the molecule is OCCOCCNc1cnco1. The number of hydrogen-bond donors (Lipinski definition) is 2. The Balaban J connectivity index is 1.96. The largest absolute Gasteiger partial charge is 0.428 e. The molecule has 5 nitrogen and oxygen atoms in total. The van der Waals surface area contributed by atoms with Gasteiger partial charge in [0.2, 0.25) is 5.88 Å². The van der Waals surface area contributed by atoms with E-state index in [4.69, 9.17) is 14.3 Å². The van der Waals surface area contributed by atoms with Crippen LogP contribution in [0.2, 0.25) is 0 Å². The molecule has 0 aromatic carbocycles. The molecule has 68 valence electrons. The van der Waals surface area contributed by atoms with E-state index >= 15 is 0 Å². The average Bonchev–Trinajstić information content (AvgIpc) is 2.57. The van der Waals surface area contributed by atoms with E-state index in [0.717, 1.165) is 0 Å². The smallest absolute Gasteiger partial charge is 0.213 e. The number of aliphatic hydroxyl groups is 1. The summed E-state index contributed by atoms with van der Waals surface area (Å²) in [5, 5.41) is 11.3. The lowest BCUT2D eigenvalue weighted by Gasteiger charge is -2.02. The zero-order valence-corrected chi connectivity index (χ0v) is 6.69. The molecule has 1 aromatic rings. The second kappa shape index (κ2) is 5.56. The minimum Gasteiger partial charge on any atom is -0.428 e. The third-order valence-corrected chi connectivity index (χ3v) is 1.21. The molecule has 0 spiro atoms. The highest BCUT2D eigenvalue weighted by molar-refractivity contribution is 5.25. The van der Waals surface area contributed by atoms with Crippen LogP contribution in [0.15, 0.2) is 17.0 Å². The van der Waals surface area contributed by atoms with Gasteiger partial charge in [-0.25, -0.2) is 4.98 Å². The molecule has 0 atom stereocenters. The minimum absolute atomic E-state index is 0.0578. The minimum atomic E-state index is 0.0578. The lowest BCUT2D eigenvalue weighted by molar-refractivity contribution is 0.0990. The van der Waals surface area contributed by atoms with E-state index in [1.54, 1.807) is 6.20 Å². The number of aromatic nitrogens is 1. The van der Waals surface area contributed by atoms with Gasteiger partial charge in [0, 0.05) is 6.54 Å². The summed E-state index contributed by atoms with van der Waals surface area (Å²) in [5.74, 6) is 0.627. The Morgan fingerprint density at radius 1 is 1.58 bits per heavy atom. The molecule has 0 bridgehead atoms. The summed E-state index contributed by atoms with van der Waals surface area (Å²) in [5.41, 5.74) is 0. The van der Waals surface area contributed by atoms with Gasteiger partial charge in [-0.2, -0.15) is 0 Å². The number of aliphatic hydroxyl groups excluding tert-OH is 1. The Hall–Kier alpha value is -1.07. The van der Waals surface area contributed by atoms with Gasteiger partial charge in [0.05, 0.1) is 26.0 Å². The fourth-order valence-corrected chi connectivity index (χ4v) is 0.716. The molecule has 0 radical (unpaired) electrons. The Labute approximate surface area is 70.4 Å². The van der Waals surface area contributed by atoms with Gasteiger partial charge in [-0.1, -0.05) is 0 Å². The van der Waals surface area contributed by atoms with Crippen LogP contribution in [-0.2, 0) is 4.74 Å². The van der Waals surface area contributed by atoms with Crippen LogP contribution < -0.4 is 5.32 Å². The van der Waals surface area contributed by atoms with E-state index in [0.29, 0.717) is 25.6 Å². The van der Waals surface area contributed by atoms with Crippen molar-refractivity contribution in [3.8, 4) is 0 Å². The van der Waals surface area contributed by atoms with Crippen LogP contribution in [0.4, 0.5) is 5.88 Å². The lowest BCUT2D eigenvalue weighted by atomic mass is 10.6. The normalized spacial score (nSPS) is 10.1.